The molecular formula is C15H24N2O2. The van der Waals surface area contributed by atoms with Gasteiger partial charge in [0.25, 0.3) is 0 Å². The van der Waals surface area contributed by atoms with Crippen molar-refractivity contribution in [3.05, 3.63) is 23.8 Å². The molecule has 0 aromatic heterocycles. The van der Waals surface area contributed by atoms with Crippen molar-refractivity contribution < 1.29 is 9.47 Å². The van der Waals surface area contributed by atoms with Gasteiger partial charge in [0.05, 0.1) is 19.8 Å². The Hall–Kier alpha value is -1.26. The molecule has 1 aliphatic heterocycles. The highest BCUT2D eigenvalue weighted by Gasteiger charge is 2.14. The highest BCUT2D eigenvalue weighted by molar-refractivity contribution is 5.52. The minimum absolute atomic E-state index is 0.343. The molecule has 0 aliphatic carbocycles. The van der Waals surface area contributed by atoms with Crippen LogP contribution in [0, 0.1) is 6.92 Å². The highest BCUT2D eigenvalue weighted by atomic mass is 16.5. The summed E-state index contributed by atoms with van der Waals surface area (Å²) in [6.07, 6.45) is 1.39. The zero-order valence-corrected chi connectivity index (χ0v) is 12.1. The van der Waals surface area contributed by atoms with E-state index < -0.39 is 0 Å². The number of hydrogen-bond donors (Lipinski definition) is 1. The van der Waals surface area contributed by atoms with E-state index in [4.69, 9.17) is 9.47 Å². The van der Waals surface area contributed by atoms with Crippen LogP contribution in [0.25, 0.3) is 0 Å². The Morgan fingerprint density at radius 2 is 2.32 bits per heavy atom. The van der Waals surface area contributed by atoms with Gasteiger partial charge in [-0.1, -0.05) is 0 Å². The maximum Gasteiger partial charge on any atom is 0.121 e. The monoisotopic (exact) mass is 264 g/mol. The van der Waals surface area contributed by atoms with Crippen LogP contribution in [0.15, 0.2) is 18.2 Å². The molecule has 0 spiro atoms. The summed E-state index contributed by atoms with van der Waals surface area (Å²) < 4.78 is 11.0. The van der Waals surface area contributed by atoms with Crippen LogP contribution in [0.5, 0.6) is 5.75 Å². The van der Waals surface area contributed by atoms with Crippen molar-refractivity contribution in [2.45, 2.75) is 19.4 Å². The lowest BCUT2D eigenvalue weighted by molar-refractivity contribution is 0.0250. The lowest BCUT2D eigenvalue weighted by atomic mass is 10.1. The number of anilines is 1. The van der Waals surface area contributed by atoms with E-state index in [1.807, 2.05) is 6.07 Å². The molecule has 0 radical (unpaired) electrons. The number of nitrogens with zero attached hydrogens (tertiary/aromatic N) is 1. The minimum Gasteiger partial charge on any atom is -0.496 e. The molecule has 1 aromatic rings. The van der Waals surface area contributed by atoms with Gasteiger partial charge < -0.3 is 19.7 Å². The maximum atomic E-state index is 5.72. The van der Waals surface area contributed by atoms with Crippen molar-refractivity contribution in [2.75, 3.05) is 45.3 Å². The van der Waals surface area contributed by atoms with Crippen LogP contribution in [-0.2, 0) is 4.74 Å². The van der Waals surface area contributed by atoms with E-state index >= 15 is 0 Å². The Balaban J connectivity index is 1.88. The van der Waals surface area contributed by atoms with Crippen molar-refractivity contribution in [1.29, 1.82) is 0 Å². The van der Waals surface area contributed by atoms with Crippen molar-refractivity contribution in [1.82, 2.24) is 5.32 Å². The van der Waals surface area contributed by atoms with Crippen LogP contribution in [0.3, 0.4) is 0 Å². The third-order valence-corrected chi connectivity index (χ3v) is 3.61. The number of benzene rings is 1. The molecule has 106 valence electrons. The van der Waals surface area contributed by atoms with Crippen LogP contribution < -0.4 is 15.0 Å². The zero-order valence-electron chi connectivity index (χ0n) is 12.1. The Morgan fingerprint density at radius 3 is 2.95 bits per heavy atom. The number of hydrogen-bond acceptors (Lipinski definition) is 4. The first-order valence-corrected chi connectivity index (χ1v) is 6.89. The topological polar surface area (TPSA) is 33.7 Å². The summed E-state index contributed by atoms with van der Waals surface area (Å²) in [6, 6.07) is 6.30. The molecule has 1 saturated heterocycles. The summed E-state index contributed by atoms with van der Waals surface area (Å²) in [6.45, 7) is 5.85. The van der Waals surface area contributed by atoms with Gasteiger partial charge in [-0.3, -0.25) is 0 Å². The molecule has 1 fully saturated rings. The molecule has 1 atom stereocenters. The fraction of sp³-hybridized carbons (Fsp3) is 0.600. The molecule has 1 aliphatic rings. The SMILES string of the molecule is COc1ccc(N(C)CCC2CNCCO2)cc1C. The third-order valence-electron chi connectivity index (χ3n) is 3.61. The van der Waals surface area contributed by atoms with Crippen LogP contribution in [-0.4, -0.2) is 46.5 Å². The van der Waals surface area contributed by atoms with Crippen molar-refractivity contribution in [3.63, 3.8) is 0 Å². The molecule has 1 unspecified atom stereocenters. The average Bonchev–Trinajstić information content (AvgIpc) is 2.45. The normalized spacial score (nSPS) is 19.2. The largest absolute Gasteiger partial charge is 0.496 e. The zero-order chi connectivity index (χ0) is 13.7. The van der Waals surface area contributed by atoms with Gasteiger partial charge in [-0.2, -0.15) is 0 Å². The standard InChI is InChI=1S/C15H24N2O2/c1-12-10-13(4-5-15(12)18-3)17(2)8-6-14-11-16-7-9-19-14/h4-5,10,14,16H,6-9,11H2,1-3H3. The molecule has 0 bridgehead atoms. The smallest absolute Gasteiger partial charge is 0.121 e. The summed E-state index contributed by atoms with van der Waals surface area (Å²) in [5.74, 6) is 0.942. The fourth-order valence-corrected chi connectivity index (χ4v) is 2.37. The predicted molar refractivity (Wildman–Crippen MR) is 78.2 cm³/mol. The number of morpholine rings is 1. The molecular weight excluding hydrogens is 240 g/mol. The Bertz CT molecular complexity index is 403. The molecule has 0 amide bonds. The molecule has 1 heterocycles. The Kier molecular flexibility index (Phi) is 5.05. The van der Waals surface area contributed by atoms with E-state index in [2.05, 4.69) is 36.3 Å². The summed E-state index contributed by atoms with van der Waals surface area (Å²) in [5.41, 5.74) is 2.39. The van der Waals surface area contributed by atoms with Crippen molar-refractivity contribution in [2.24, 2.45) is 0 Å². The number of methoxy groups -OCH3 is 1. The van der Waals surface area contributed by atoms with Crippen LogP contribution >= 0.6 is 0 Å². The number of ether oxygens (including phenoxy) is 2. The van der Waals surface area contributed by atoms with E-state index in [0.717, 1.165) is 38.4 Å². The Morgan fingerprint density at radius 1 is 1.47 bits per heavy atom. The average molecular weight is 264 g/mol. The summed E-state index contributed by atoms with van der Waals surface area (Å²) in [5, 5.41) is 3.36. The van der Waals surface area contributed by atoms with E-state index in [9.17, 15) is 0 Å². The quantitative estimate of drug-likeness (QED) is 0.879. The second-order valence-corrected chi connectivity index (χ2v) is 5.06. The molecule has 2 rings (SSSR count). The van der Waals surface area contributed by atoms with Gasteiger partial charge in [0.1, 0.15) is 5.75 Å². The van der Waals surface area contributed by atoms with Crippen LogP contribution in [0.4, 0.5) is 5.69 Å². The molecule has 19 heavy (non-hydrogen) atoms. The van der Waals surface area contributed by atoms with Gasteiger partial charge in [0.15, 0.2) is 0 Å². The lowest BCUT2D eigenvalue weighted by Crippen LogP contribution is -2.40. The van der Waals surface area contributed by atoms with E-state index in [1.165, 1.54) is 11.3 Å². The predicted octanol–water partition coefficient (Wildman–Crippen LogP) is 1.82. The van der Waals surface area contributed by atoms with Gasteiger partial charge >= 0.3 is 0 Å². The second kappa shape index (κ2) is 6.78. The van der Waals surface area contributed by atoms with Gasteiger partial charge in [0, 0.05) is 32.4 Å². The fourth-order valence-electron chi connectivity index (χ4n) is 2.37. The highest BCUT2D eigenvalue weighted by Crippen LogP contribution is 2.23. The molecule has 4 nitrogen and oxygen atoms in total. The third kappa shape index (κ3) is 3.85. The van der Waals surface area contributed by atoms with Crippen molar-refractivity contribution in [3.8, 4) is 5.75 Å². The molecule has 1 N–H and O–H groups in total. The Labute approximate surface area is 115 Å². The summed E-state index contributed by atoms with van der Waals surface area (Å²) in [4.78, 5) is 2.27. The first-order valence-electron chi connectivity index (χ1n) is 6.89. The molecule has 0 saturated carbocycles. The molecule has 1 aromatic carbocycles. The minimum atomic E-state index is 0.343. The lowest BCUT2D eigenvalue weighted by Gasteiger charge is -2.27. The number of aryl methyl sites for hydroxylation is 1. The second-order valence-electron chi connectivity index (χ2n) is 5.06. The van der Waals surface area contributed by atoms with Gasteiger partial charge in [-0.25, -0.2) is 0 Å². The van der Waals surface area contributed by atoms with E-state index in [1.54, 1.807) is 7.11 Å². The maximum absolute atomic E-state index is 5.72. The van der Waals surface area contributed by atoms with Crippen LogP contribution in [0.2, 0.25) is 0 Å². The van der Waals surface area contributed by atoms with Crippen LogP contribution in [0.1, 0.15) is 12.0 Å². The summed E-state index contributed by atoms with van der Waals surface area (Å²) in [7, 11) is 3.83. The summed E-state index contributed by atoms with van der Waals surface area (Å²) >= 11 is 0. The number of nitrogens with one attached hydrogen (secondary N) is 1. The first kappa shape index (κ1) is 14.2. The molecule has 4 heteroatoms. The van der Waals surface area contributed by atoms with E-state index in [-0.39, 0.29) is 0 Å². The van der Waals surface area contributed by atoms with Gasteiger partial charge in [0.2, 0.25) is 0 Å². The van der Waals surface area contributed by atoms with Gasteiger partial charge in [-0.15, -0.1) is 0 Å². The van der Waals surface area contributed by atoms with Crippen molar-refractivity contribution >= 4 is 5.69 Å². The van der Waals surface area contributed by atoms with E-state index in [0.29, 0.717) is 6.10 Å². The number of rotatable bonds is 5. The first-order chi connectivity index (χ1) is 9.20. The van der Waals surface area contributed by atoms with Gasteiger partial charge in [-0.05, 0) is 37.1 Å².